The summed E-state index contributed by atoms with van der Waals surface area (Å²) < 4.78 is 5.08. The number of amides is 2. The summed E-state index contributed by atoms with van der Waals surface area (Å²) in [5.74, 6) is -1.60. The Bertz CT molecular complexity index is 300. The summed E-state index contributed by atoms with van der Waals surface area (Å²) in [6.07, 6.45) is 0.902. The SMILES string of the molecule is CCOCCN(C)C(=O)/C(O)=C/C(=O)N(C)C. The predicted molar refractivity (Wildman–Crippen MR) is 63.5 cm³/mol. The number of aliphatic hydroxyl groups is 1. The zero-order chi connectivity index (χ0) is 13.4. The molecule has 0 saturated heterocycles. The summed E-state index contributed by atoms with van der Waals surface area (Å²) in [4.78, 5) is 25.4. The molecule has 6 nitrogen and oxygen atoms in total. The first-order valence-electron chi connectivity index (χ1n) is 5.35. The molecule has 0 aromatic heterocycles. The Balaban J connectivity index is 4.33. The Morgan fingerprint density at radius 3 is 2.35 bits per heavy atom. The maximum Gasteiger partial charge on any atom is 0.288 e. The van der Waals surface area contributed by atoms with Gasteiger partial charge in [-0.3, -0.25) is 9.59 Å². The Hall–Kier alpha value is -1.56. The maximum atomic E-state index is 11.6. The average Bonchev–Trinajstić information content (AvgIpc) is 2.27. The number of ether oxygens (including phenoxy) is 1. The van der Waals surface area contributed by atoms with E-state index in [9.17, 15) is 14.7 Å². The third-order valence-electron chi connectivity index (χ3n) is 2.04. The Kier molecular flexibility index (Phi) is 6.97. The fourth-order valence-electron chi connectivity index (χ4n) is 0.951. The van der Waals surface area contributed by atoms with Gasteiger partial charge in [0.05, 0.1) is 12.7 Å². The van der Waals surface area contributed by atoms with Gasteiger partial charge in [0.25, 0.3) is 5.91 Å². The van der Waals surface area contributed by atoms with Crippen LogP contribution in [0.1, 0.15) is 6.92 Å². The van der Waals surface area contributed by atoms with Crippen molar-refractivity contribution in [2.45, 2.75) is 6.92 Å². The molecule has 0 fully saturated rings. The van der Waals surface area contributed by atoms with Gasteiger partial charge in [-0.1, -0.05) is 0 Å². The van der Waals surface area contributed by atoms with Gasteiger partial charge in [0.1, 0.15) is 0 Å². The van der Waals surface area contributed by atoms with Crippen molar-refractivity contribution < 1.29 is 19.4 Å². The summed E-state index contributed by atoms with van der Waals surface area (Å²) in [7, 11) is 4.61. The molecule has 17 heavy (non-hydrogen) atoms. The molecule has 0 aliphatic rings. The molecule has 0 radical (unpaired) electrons. The van der Waals surface area contributed by atoms with Gasteiger partial charge in [-0.05, 0) is 6.92 Å². The van der Waals surface area contributed by atoms with Crippen LogP contribution in [-0.4, -0.2) is 67.6 Å². The van der Waals surface area contributed by atoms with Crippen molar-refractivity contribution in [1.82, 2.24) is 9.80 Å². The van der Waals surface area contributed by atoms with Crippen molar-refractivity contribution in [3.63, 3.8) is 0 Å². The average molecular weight is 244 g/mol. The molecule has 98 valence electrons. The number of carbonyl (C=O) groups is 2. The summed E-state index contributed by atoms with van der Waals surface area (Å²) >= 11 is 0. The molecule has 0 saturated carbocycles. The molecule has 0 unspecified atom stereocenters. The number of aliphatic hydroxyl groups excluding tert-OH is 1. The van der Waals surface area contributed by atoms with Crippen LogP contribution in [0, 0.1) is 0 Å². The number of hydrogen-bond acceptors (Lipinski definition) is 4. The largest absolute Gasteiger partial charge is 0.503 e. The van der Waals surface area contributed by atoms with Crippen LogP contribution in [0.25, 0.3) is 0 Å². The second kappa shape index (κ2) is 7.67. The van der Waals surface area contributed by atoms with Crippen LogP contribution in [0.2, 0.25) is 0 Å². The molecule has 0 bridgehead atoms. The quantitative estimate of drug-likeness (QED) is 0.406. The van der Waals surface area contributed by atoms with Gasteiger partial charge in [-0.15, -0.1) is 0 Å². The fraction of sp³-hybridized carbons (Fsp3) is 0.636. The molecule has 0 aliphatic carbocycles. The van der Waals surface area contributed by atoms with Crippen molar-refractivity contribution in [3.8, 4) is 0 Å². The lowest BCUT2D eigenvalue weighted by atomic mass is 10.3. The van der Waals surface area contributed by atoms with Crippen LogP contribution in [-0.2, 0) is 14.3 Å². The normalized spacial score (nSPS) is 11.2. The van der Waals surface area contributed by atoms with E-state index in [2.05, 4.69) is 0 Å². The van der Waals surface area contributed by atoms with Gasteiger partial charge in [-0.2, -0.15) is 0 Å². The second-order valence-electron chi connectivity index (χ2n) is 3.69. The van der Waals surface area contributed by atoms with Gasteiger partial charge in [0, 0.05) is 34.3 Å². The highest BCUT2D eigenvalue weighted by Crippen LogP contribution is 1.97. The minimum Gasteiger partial charge on any atom is -0.503 e. The predicted octanol–water partition coefficient (Wildman–Crippen LogP) is 0.0114. The van der Waals surface area contributed by atoms with Gasteiger partial charge in [0.2, 0.25) is 5.91 Å². The number of nitrogens with zero attached hydrogens (tertiary/aromatic N) is 2. The van der Waals surface area contributed by atoms with E-state index in [-0.39, 0.29) is 0 Å². The molecular formula is C11H20N2O4. The van der Waals surface area contributed by atoms with Gasteiger partial charge in [0.15, 0.2) is 5.76 Å². The topological polar surface area (TPSA) is 70.1 Å². The van der Waals surface area contributed by atoms with Crippen LogP contribution in [0.3, 0.4) is 0 Å². The smallest absolute Gasteiger partial charge is 0.288 e. The van der Waals surface area contributed by atoms with E-state index in [1.165, 1.54) is 30.9 Å². The van der Waals surface area contributed by atoms with Gasteiger partial charge >= 0.3 is 0 Å². The van der Waals surface area contributed by atoms with Crippen molar-refractivity contribution >= 4 is 11.8 Å². The van der Waals surface area contributed by atoms with Crippen molar-refractivity contribution in [1.29, 1.82) is 0 Å². The third-order valence-corrected chi connectivity index (χ3v) is 2.04. The van der Waals surface area contributed by atoms with Crippen LogP contribution >= 0.6 is 0 Å². The van der Waals surface area contributed by atoms with Crippen LogP contribution in [0.5, 0.6) is 0 Å². The van der Waals surface area contributed by atoms with Crippen molar-refractivity contribution in [2.24, 2.45) is 0 Å². The maximum absolute atomic E-state index is 11.6. The highest BCUT2D eigenvalue weighted by molar-refractivity contribution is 5.98. The minimum absolute atomic E-state index is 0.362. The van der Waals surface area contributed by atoms with E-state index in [0.717, 1.165) is 6.08 Å². The van der Waals surface area contributed by atoms with Gasteiger partial charge < -0.3 is 19.6 Å². The molecule has 1 N–H and O–H groups in total. The van der Waals surface area contributed by atoms with E-state index < -0.39 is 17.6 Å². The van der Waals surface area contributed by atoms with Crippen molar-refractivity contribution in [3.05, 3.63) is 11.8 Å². The van der Waals surface area contributed by atoms with Gasteiger partial charge in [-0.25, -0.2) is 0 Å². The molecule has 0 atom stereocenters. The van der Waals surface area contributed by atoms with E-state index in [4.69, 9.17) is 4.74 Å². The first kappa shape index (κ1) is 15.4. The van der Waals surface area contributed by atoms with Crippen molar-refractivity contribution in [2.75, 3.05) is 40.9 Å². The second-order valence-corrected chi connectivity index (χ2v) is 3.69. The number of hydrogen-bond donors (Lipinski definition) is 1. The Morgan fingerprint density at radius 2 is 1.88 bits per heavy atom. The van der Waals surface area contributed by atoms with E-state index in [1.54, 1.807) is 0 Å². The zero-order valence-corrected chi connectivity index (χ0v) is 10.8. The monoisotopic (exact) mass is 244 g/mol. The van der Waals surface area contributed by atoms with Crippen LogP contribution in [0.4, 0.5) is 0 Å². The first-order chi connectivity index (χ1) is 7.90. The first-order valence-corrected chi connectivity index (χ1v) is 5.35. The lowest BCUT2D eigenvalue weighted by molar-refractivity contribution is -0.130. The summed E-state index contributed by atoms with van der Waals surface area (Å²) in [6, 6.07) is 0. The third kappa shape index (κ3) is 5.91. The number of carbonyl (C=O) groups excluding carboxylic acids is 2. The summed E-state index contributed by atoms with van der Waals surface area (Å²) in [5.41, 5.74) is 0. The highest BCUT2D eigenvalue weighted by Gasteiger charge is 2.15. The lowest BCUT2D eigenvalue weighted by Gasteiger charge is -2.16. The molecular weight excluding hydrogens is 224 g/mol. The molecule has 0 aromatic rings. The highest BCUT2D eigenvalue weighted by atomic mass is 16.5. The van der Waals surface area contributed by atoms with E-state index in [0.29, 0.717) is 19.8 Å². The summed E-state index contributed by atoms with van der Waals surface area (Å²) in [5, 5.41) is 9.45. The van der Waals surface area contributed by atoms with E-state index >= 15 is 0 Å². The van der Waals surface area contributed by atoms with E-state index in [1.807, 2.05) is 6.92 Å². The molecule has 0 aromatic carbocycles. The molecule has 0 rings (SSSR count). The minimum atomic E-state index is -0.597. The van der Waals surface area contributed by atoms with Crippen LogP contribution < -0.4 is 0 Å². The summed E-state index contributed by atoms with van der Waals surface area (Å²) in [6.45, 7) is 3.19. The standard InChI is InChI=1S/C11H20N2O4/c1-5-17-7-6-13(4)11(16)9(14)8-10(15)12(2)3/h8,14H,5-7H2,1-4H3/b9-8-. The number of likely N-dealkylation sites (N-methyl/N-ethyl adjacent to an activating group) is 2. The lowest BCUT2D eigenvalue weighted by Crippen LogP contribution is -2.32. The molecule has 2 amide bonds. The Labute approximate surface area is 101 Å². The molecule has 0 heterocycles. The molecule has 0 aliphatic heterocycles. The fourth-order valence-corrected chi connectivity index (χ4v) is 0.951. The zero-order valence-electron chi connectivity index (χ0n) is 10.8. The molecule has 0 spiro atoms. The number of rotatable bonds is 6. The van der Waals surface area contributed by atoms with Crippen LogP contribution in [0.15, 0.2) is 11.8 Å². The molecule has 6 heteroatoms. The Morgan fingerprint density at radius 1 is 1.29 bits per heavy atom.